The molecule has 2 aliphatic rings. The fourth-order valence-corrected chi connectivity index (χ4v) is 4.34. The molecule has 3 N–H and O–H groups in total. The van der Waals surface area contributed by atoms with E-state index in [4.69, 9.17) is 4.74 Å². The third-order valence-electron chi connectivity index (χ3n) is 6.31. The Labute approximate surface area is 199 Å². The minimum Gasteiger partial charge on any atom is -0.378 e. The van der Waals surface area contributed by atoms with E-state index in [0.717, 1.165) is 74.9 Å². The zero-order chi connectivity index (χ0) is 23.2. The summed E-state index contributed by atoms with van der Waals surface area (Å²) >= 11 is 0. The lowest BCUT2D eigenvalue weighted by atomic mass is 9.97. The average molecular weight is 459 g/mol. The summed E-state index contributed by atoms with van der Waals surface area (Å²) in [6.45, 7) is 5.17. The van der Waals surface area contributed by atoms with Crippen LogP contribution in [0.15, 0.2) is 60.8 Å². The van der Waals surface area contributed by atoms with Crippen molar-refractivity contribution < 1.29 is 9.53 Å². The number of nitrogens with one attached hydrogen (secondary N) is 3. The van der Waals surface area contributed by atoms with Crippen LogP contribution >= 0.6 is 0 Å². The van der Waals surface area contributed by atoms with Crippen LogP contribution in [0.2, 0.25) is 0 Å². The zero-order valence-electron chi connectivity index (χ0n) is 19.2. The molecular formula is C26H30N6O2. The van der Waals surface area contributed by atoms with Crippen molar-refractivity contribution in [1.29, 1.82) is 0 Å². The van der Waals surface area contributed by atoms with Crippen LogP contribution in [0.25, 0.3) is 11.3 Å². The molecule has 1 amide bonds. The smallest absolute Gasteiger partial charge is 0.227 e. The monoisotopic (exact) mass is 458 g/mol. The predicted octanol–water partition coefficient (Wildman–Crippen LogP) is 3.66. The van der Waals surface area contributed by atoms with Crippen molar-refractivity contribution in [1.82, 2.24) is 15.3 Å². The molecule has 0 saturated carbocycles. The lowest BCUT2D eigenvalue weighted by molar-refractivity contribution is -0.120. The van der Waals surface area contributed by atoms with Crippen LogP contribution < -0.4 is 20.9 Å². The van der Waals surface area contributed by atoms with E-state index in [1.807, 2.05) is 42.5 Å². The maximum absolute atomic E-state index is 12.5. The van der Waals surface area contributed by atoms with E-state index in [2.05, 4.69) is 43.0 Å². The van der Waals surface area contributed by atoms with Crippen LogP contribution in [0.4, 0.5) is 23.0 Å². The van der Waals surface area contributed by atoms with Crippen LogP contribution in [0.3, 0.4) is 0 Å². The van der Waals surface area contributed by atoms with Crippen LogP contribution in [0.1, 0.15) is 12.8 Å². The van der Waals surface area contributed by atoms with Gasteiger partial charge in [0.05, 0.1) is 18.9 Å². The highest BCUT2D eigenvalue weighted by Crippen LogP contribution is 2.24. The standard InChI is InChI=1S/C26H30N6O2/c33-25(20-9-12-27-13-10-20)29-21-3-1-19(2-4-21)24-11-14-28-26(31-24)30-22-5-7-23(8-6-22)32-15-17-34-18-16-32/h1-8,11,14,20,27H,9-10,12-13,15-18H2,(H,29,33)(H,28,30,31). The number of rotatable bonds is 6. The average Bonchev–Trinajstić information content (AvgIpc) is 2.91. The second-order valence-electron chi connectivity index (χ2n) is 8.63. The van der Waals surface area contributed by atoms with Gasteiger partial charge in [-0.15, -0.1) is 0 Å². The van der Waals surface area contributed by atoms with E-state index in [-0.39, 0.29) is 11.8 Å². The number of ether oxygens (including phenoxy) is 1. The van der Waals surface area contributed by atoms with Gasteiger partial charge < -0.3 is 25.6 Å². The highest BCUT2D eigenvalue weighted by Gasteiger charge is 2.20. The molecule has 0 atom stereocenters. The summed E-state index contributed by atoms with van der Waals surface area (Å²) in [5, 5.41) is 9.62. The summed E-state index contributed by atoms with van der Waals surface area (Å²) in [5.74, 6) is 0.724. The fraction of sp³-hybridized carbons (Fsp3) is 0.346. The van der Waals surface area contributed by atoms with Crippen LogP contribution in [0.5, 0.6) is 0 Å². The number of piperidine rings is 1. The fourth-order valence-electron chi connectivity index (χ4n) is 4.34. The molecule has 3 heterocycles. The summed E-state index contributed by atoms with van der Waals surface area (Å²) in [7, 11) is 0. The first-order chi connectivity index (χ1) is 16.7. The van der Waals surface area contributed by atoms with Crippen LogP contribution in [0, 0.1) is 5.92 Å². The molecule has 2 fully saturated rings. The lowest BCUT2D eigenvalue weighted by Gasteiger charge is -2.28. The highest BCUT2D eigenvalue weighted by atomic mass is 16.5. The predicted molar refractivity (Wildman–Crippen MR) is 134 cm³/mol. The number of carbonyl (C=O) groups excluding carboxylic acids is 1. The number of aromatic nitrogens is 2. The van der Waals surface area contributed by atoms with Gasteiger partial charge in [0.1, 0.15) is 0 Å². The van der Waals surface area contributed by atoms with Gasteiger partial charge in [-0.2, -0.15) is 0 Å². The van der Waals surface area contributed by atoms with Crippen LogP contribution in [-0.4, -0.2) is 55.3 Å². The normalized spacial score (nSPS) is 16.8. The molecule has 2 saturated heterocycles. The number of carbonyl (C=O) groups is 1. The quantitative estimate of drug-likeness (QED) is 0.519. The van der Waals surface area contributed by atoms with Gasteiger partial charge in [-0.05, 0) is 68.4 Å². The first-order valence-electron chi connectivity index (χ1n) is 11.9. The van der Waals surface area contributed by atoms with E-state index in [9.17, 15) is 4.79 Å². The maximum atomic E-state index is 12.5. The topological polar surface area (TPSA) is 91.4 Å². The van der Waals surface area contributed by atoms with Gasteiger partial charge in [0.2, 0.25) is 11.9 Å². The lowest BCUT2D eigenvalue weighted by Crippen LogP contribution is -2.36. The Morgan fingerprint density at radius 2 is 1.65 bits per heavy atom. The summed E-state index contributed by atoms with van der Waals surface area (Å²) in [6.07, 6.45) is 3.52. The molecule has 8 nitrogen and oxygen atoms in total. The van der Waals surface area contributed by atoms with Crippen molar-refractivity contribution in [3.63, 3.8) is 0 Å². The van der Waals surface area contributed by atoms with E-state index in [1.165, 1.54) is 5.69 Å². The molecule has 2 aliphatic heterocycles. The second kappa shape index (κ2) is 10.6. The van der Waals surface area contributed by atoms with Gasteiger partial charge in [0, 0.05) is 47.8 Å². The number of hydrogen-bond donors (Lipinski definition) is 3. The highest BCUT2D eigenvalue weighted by molar-refractivity contribution is 5.92. The molecular weight excluding hydrogens is 428 g/mol. The number of morpholine rings is 1. The molecule has 34 heavy (non-hydrogen) atoms. The van der Waals surface area contributed by atoms with Crippen molar-refractivity contribution in [3.05, 3.63) is 60.8 Å². The summed E-state index contributed by atoms with van der Waals surface area (Å²) in [5.41, 5.74) is 4.72. The molecule has 0 bridgehead atoms. The maximum Gasteiger partial charge on any atom is 0.227 e. The van der Waals surface area contributed by atoms with Gasteiger partial charge in [-0.3, -0.25) is 4.79 Å². The molecule has 5 rings (SSSR count). The molecule has 3 aromatic rings. The van der Waals surface area contributed by atoms with Crippen molar-refractivity contribution in [3.8, 4) is 11.3 Å². The summed E-state index contributed by atoms with van der Waals surface area (Å²) in [4.78, 5) is 23.8. The van der Waals surface area contributed by atoms with Gasteiger partial charge in [-0.1, -0.05) is 12.1 Å². The molecule has 176 valence electrons. The van der Waals surface area contributed by atoms with E-state index in [1.54, 1.807) is 6.20 Å². The second-order valence-corrected chi connectivity index (χ2v) is 8.63. The number of hydrogen-bond acceptors (Lipinski definition) is 7. The Kier molecular flexibility index (Phi) is 6.97. The summed E-state index contributed by atoms with van der Waals surface area (Å²) in [6, 6.07) is 18.0. The molecule has 2 aromatic carbocycles. The largest absolute Gasteiger partial charge is 0.378 e. The van der Waals surface area contributed by atoms with Gasteiger partial charge in [-0.25, -0.2) is 9.97 Å². The third-order valence-corrected chi connectivity index (χ3v) is 6.31. The molecule has 0 spiro atoms. The van der Waals surface area contributed by atoms with E-state index < -0.39 is 0 Å². The Balaban J connectivity index is 1.21. The minimum atomic E-state index is 0.0827. The van der Waals surface area contributed by atoms with Gasteiger partial charge in [0.25, 0.3) is 0 Å². The van der Waals surface area contributed by atoms with E-state index in [0.29, 0.717) is 5.95 Å². The minimum absolute atomic E-state index is 0.0827. The number of nitrogens with zero attached hydrogens (tertiary/aromatic N) is 3. The number of benzene rings is 2. The first-order valence-corrected chi connectivity index (χ1v) is 11.9. The van der Waals surface area contributed by atoms with Crippen LogP contribution in [-0.2, 0) is 9.53 Å². The van der Waals surface area contributed by atoms with Crippen molar-refractivity contribution in [2.45, 2.75) is 12.8 Å². The summed E-state index contributed by atoms with van der Waals surface area (Å²) < 4.78 is 5.43. The van der Waals surface area contributed by atoms with E-state index >= 15 is 0 Å². The van der Waals surface area contributed by atoms with Crippen molar-refractivity contribution in [2.75, 3.05) is 54.9 Å². The Morgan fingerprint density at radius 1 is 0.941 bits per heavy atom. The Bertz CT molecular complexity index is 1090. The molecule has 0 unspecified atom stereocenters. The molecule has 0 aliphatic carbocycles. The molecule has 1 aromatic heterocycles. The van der Waals surface area contributed by atoms with Crippen molar-refractivity contribution >= 4 is 28.9 Å². The number of amides is 1. The zero-order valence-corrected chi connectivity index (χ0v) is 19.2. The molecule has 8 heteroatoms. The van der Waals surface area contributed by atoms with Gasteiger partial charge >= 0.3 is 0 Å². The molecule has 0 radical (unpaired) electrons. The van der Waals surface area contributed by atoms with Gasteiger partial charge in [0.15, 0.2) is 0 Å². The SMILES string of the molecule is O=C(Nc1ccc(-c2ccnc(Nc3ccc(N4CCOCC4)cc3)n2)cc1)C1CCNCC1. The number of anilines is 4. The van der Waals surface area contributed by atoms with Crippen molar-refractivity contribution in [2.24, 2.45) is 5.92 Å². The Morgan fingerprint density at radius 3 is 2.38 bits per heavy atom. The third kappa shape index (κ3) is 5.52. The Hall–Kier alpha value is -3.49. The first kappa shape index (κ1) is 22.3.